The maximum atomic E-state index is 12.6. The van der Waals surface area contributed by atoms with Crippen LogP contribution in [0.3, 0.4) is 0 Å². The lowest BCUT2D eigenvalue weighted by molar-refractivity contribution is 0.104. The molecule has 0 fully saturated rings. The molecule has 0 saturated heterocycles. The molecule has 0 atom stereocenters. The van der Waals surface area contributed by atoms with Gasteiger partial charge in [0.1, 0.15) is 11.0 Å². The van der Waals surface area contributed by atoms with Gasteiger partial charge in [-0.2, -0.15) is 0 Å². The number of hydrogen-bond donors (Lipinski definition) is 0. The largest absolute Gasteiger partial charge is 0.289 e. The quantitative estimate of drug-likeness (QED) is 0.608. The molecule has 0 amide bonds. The van der Waals surface area contributed by atoms with E-state index in [0.717, 1.165) is 8.95 Å². The minimum Gasteiger partial charge on any atom is -0.289 e. The molecule has 5 heteroatoms. The van der Waals surface area contributed by atoms with Crippen LogP contribution in [0.4, 0.5) is 0 Å². The van der Waals surface area contributed by atoms with Crippen LogP contribution in [0.1, 0.15) is 15.9 Å². The summed E-state index contributed by atoms with van der Waals surface area (Å²) in [5.74, 6) is -0.0655. The highest BCUT2D eigenvalue weighted by Crippen LogP contribution is 2.32. The molecule has 0 unspecified atom stereocenters. The summed E-state index contributed by atoms with van der Waals surface area (Å²) in [5, 5.41) is 0. The zero-order valence-electron chi connectivity index (χ0n) is 10.2. The predicted octanol–water partition coefficient (Wildman–Crippen LogP) is 4.39. The molecular formula is C15H8Br2N2O. The van der Waals surface area contributed by atoms with Crippen molar-refractivity contribution in [2.45, 2.75) is 0 Å². The summed E-state index contributed by atoms with van der Waals surface area (Å²) >= 11 is 6.90. The van der Waals surface area contributed by atoms with Crippen molar-refractivity contribution < 1.29 is 4.79 Å². The Labute approximate surface area is 132 Å². The zero-order valence-corrected chi connectivity index (χ0v) is 13.3. The van der Waals surface area contributed by atoms with Gasteiger partial charge >= 0.3 is 0 Å². The molecule has 0 N–H and O–H groups in total. The number of ketones is 1. The first-order valence-corrected chi connectivity index (χ1v) is 7.45. The SMILES string of the molecule is O=C(c1ccccc1)c1cc(Br)c(Br)c2nccnc12. The highest BCUT2D eigenvalue weighted by Gasteiger charge is 2.17. The number of hydrogen-bond acceptors (Lipinski definition) is 3. The number of aromatic nitrogens is 2. The summed E-state index contributed by atoms with van der Waals surface area (Å²) < 4.78 is 1.58. The number of fused-ring (bicyclic) bond motifs is 1. The Bertz CT molecular complexity index is 804. The molecule has 98 valence electrons. The summed E-state index contributed by atoms with van der Waals surface area (Å²) in [6.45, 7) is 0. The summed E-state index contributed by atoms with van der Waals surface area (Å²) in [4.78, 5) is 21.2. The maximum Gasteiger partial charge on any atom is 0.195 e. The standard InChI is InChI=1S/C15H8Br2N2O/c16-11-8-10(15(20)9-4-2-1-3-5-9)13-14(12(11)17)19-7-6-18-13/h1-8H. The fourth-order valence-corrected chi connectivity index (χ4v) is 2.81. The highest BCUT2D eigenvalue weighted by molar-refractivity contribution is 9.13. The molecule has 1 heterocycles. The van der Waals surface area contributed by atoms with E-state index in [1.807, 2.05) is 18.2 Å². The van der Waals surface area contributed by atoms with E-state index >= 15 is 0 Å². The summed E-state index contributed by atoms with van der Waals surface area (Å²) in [7, 11) is 0. The smallest absolute Gasteiger partial charge is 0.195 e. The molecule has 0 radical (unpaired) electrons. The Kier molecular flexibility index (Phi) is 3.63. The lowest BCUT2D eigenvalue weighted by atomic mass is 10.0. The Balaban J connectivity index is 2.27. The topological polar surface area (TPSA) is 42.9 Å². The monoisotopic (exact) mass is 390 g/mol. The van der Waals surface area contributed by atoms with E-state index in [2.05, 4.69) is 41.8 Å². The fraction of sp³-hybridized carbons (Fsp3) is 0. The average molecular weight is 392 g/mol. The number of carbonyl (C=O) groups is 1. The van der Waals surface area contributed by atoms with Gasteiger partial charge < -0.3 is 0 Å². The predicted molar refractivity (Wildman–Crippen MR) is 84.8 cm³/mol. The maximum absolute atomic E-state index is 12.6. The minimum absolute atomic E-state index is 0.0655. The molecule has 1 aromatic heterocycles. The van der Waals surface area contributed by atoms with Crippen molar-refractivity contribution in [1.29, 1.82) is 0 Å². The first-order chi connectivity index (χ1) is 9.68. The molecule has 3 rings (SSSR count). The molecule has 0 aliphatic carbocycles. The third-order valence-electron chi connectivity index (χ3n) is 2.92. The molecule has 0 spiro atoms. The summed E-state index contributed by atoms with van der Waals surface area (Å²) in [5.41, 5.74) is 2.43. The van der Waals surface area contributed by atoms with E-state index < -0.39 is 0 Å². The molecule has 3 nitrogen and oxygen atoms in total. The van der Waals surface area contributed by atoms with Crippen LogP contribution in [-0.4, -0.2) is 15.8 Å². The van der Waals surface area contributed by atoms with Gasteiger partial charge in [0.25, 0.3) is 0 Å². The number of rotatable bonds is 2. The molecular weight excluding hydrogens is 384 g/mol. The van der Waals surface area contributed by atoms with Crippen LogP contribution in [0.2, 0.25) is 0 Å². The van der Waals surface area contributed by atoms with Crippen molar-refractivity contribution in [2.24, 2.45) is 0 Å². The van der Waals surface area contributed by atoms with E-state index in [-0.39, 0.29) is 5.78 Å². The lowest BCUT2D eigenvalue weighted by Crippen LogP contribution is -2.04. The van der Waals surface area contributed by atoms with Crippen molar-refractivity contribution in [3.05, 3.63) is 68.9 Å². The average Bonchev–Trinajstić information content (AvgIpc) is 2.51. The molecule has 20 heavy (non-hydrogen) atoms. The number of halogens is 2. The Hall–Kier alpha value is -1.59. The third kappa shape index (κ3) is 2.27. The van der Waals surface area contributed by atoms with Gasteiger partial charge in [-0.3, -0.25) is 14.8 Å². The van der Waals surface area contributed by atoms with Gasteiger partial charge in [-0.15, -0.1) is 0 Å². The third-order valence-corrected chi connectivity index (χ3v) is 4.88. The van der Waals surface area contributed by atoms with Gasteiger partial charge in [0, 0.05) is 22.4 Å². The van der Waals surface area contributed by atoms with Gasteiger partial charge in [-0.25, -0.2) is 0 Å². The summed E-state index contributed by atoms with van der Waals surface area (Å²) in [6, 6.07) is 10.9. The van der Waals surface area contributed by atoms with E-state index in [1.165, 1.54) is 0 Å². The van der Waals surface area contributed by atoms with E-state index in [9.17, 15) is 4.79 Å². The second-order valence-electron chi connectivity index (χ2n) is 4.17. The first-order valence-electron chi connectivity index (χ1n) is 5.87. The van der Waals surface area contributed by atoms with Gasteiger partial charge in [-0.05, 0) is 37.9 Å². The Morgan fingerprint density at radius 1 is 0.950 bits per heavy atom. The van der Waals surface area contributed by atoms with Crippen LogP contribution < -0.4 is 0 Å². The highest BCUT2D eigenvalue weighted by atomic mass is 79.9. The second-order valence-corrected chi connectivity index (χ2v) is 5.82. The molecule has 0 aliphatic heterocycles. The first kappa shape index (κ1) is 13.4. The molecule has 0 aliphatic rings. The number of nitrogens with zero attached hydrogens (tertiary/aromatic N) is 2. The fourth-order valence-electron chi connectivity index (χ4n) is 1.99. The second kappa shape index (κ2) is 5.42. The van der Waals surface area contributed by atoms with Crippen LogP contribution in [0.25, 0.3) is 11.0 Å². The van der Waals surface area contributed by atoms with E-state index in [1.54, 1.807) is 30.6 Å². The Morgan fingerprint density at radius 3 is 2.30 bits per heavy atom. The van der Waals surface area contributed by atoms with Crippen LogP contribution in [0, 0.1) is 0 Å². The van der Waals surface area contributed by atoms with Crippen LogP contribution in [-0.2, 0) is 0 Å². The van der Waals surface area contributed by atoms with Gasteiger partial charge in [0.2, 0.25) is 0 Å². The van der Waals surface area contributed by atoms with Gasteiger partial charge in [0.05, 0.1) is 10.0 Å². The molecule has 3 aromatic rings. The van der Waals surface area contributed by atoms with Crippen molar-refractivity contribution in [1.82, 2.24) is 9.97 Å². The molecule has 0 bridgehead atoms. The van der Waals surface area contributed by atoms with E-state index in [0.29, 0.717) is 22.2 Å². The van der Waals surface area contributed by atoms with Gasteiger partial charge in [0.15, 0.2) is 5.78 Å². The van der Waals surface area contributed by atoms with Gasteiger partial charge in [-0.1, -0.05) is 30.3 Å². The van der Waals surface area contributed by atoms with Crippen molar-refractivity contribution in [2.75, 3.05) is 0 Å². The van der Waals surface area contributed by atoms with Crippen LogP contribution in [0.5, 0.6) is 0 Å². The van der Waals surface area contributed by atoms with Crippen molar-refractivity contribution in [3.8, 4) is 0 Å². The minimum atomic E-state index is -0.0655. The lowest BCUT2D eigenvalue weighted by Gasteiger charge is -2.08. The van der Waals surface area contributed by atoms with Crippen molar-refractivity contribution >= 4 is 48.7 Å². The Morgan fingerprint density at radius 2 is 1.60 bits per heavy atom. The molecule has 0 saturated carbocycles. The number of carbonyl (C=O) groups excluding carboxylic acids is 1. The van der Waals surface area contributed by atoms with Crippen LogP contribution in [0.15, 0.2) is 57.7 Å². The van der Waals surface area contributed by atoms with Crippen LogP contribution >= 0.6 is 31.9 Å². The molecule has 2 aromatic carbocycles. The summed E-state index contributed by atoms with van der Waals surface area (Å²) in [6.07, 6.45) is 3.20. The number of benzene rings is 2. The van der Waals surface area contributed by atoms with E-state index in [4.69, 9.17) is 0 Å². The normalized spacial score (nSPS) is 10.7. The van der Waals surface area contributed by atoms with Crippen molar-refractivity contribution in [3.63, 3.8) is 0 Å². The zero-order chi connectivity index (χ0) is 14.1.